The first kappa shape index (κ1) is 14.9. The van der Waals surface area contributed by atoms with E-state index < -0.39 is 0 Å². The average Bonchev–Trinajstić information content (AvgIpc) is 2.87. The topological polar surface area (TPSA) is 58.6 Å². The minimum absolute atomic E-state index is 0.0249. The molecular weight excluding hydrogens is 254 g/mol. The molecule has 20 heavy (non-hydrogen) atoms. The van der Waals surface area contributed by atoms with E-state index >= 15 is 0 Å². The molecule has 1 saturated carbocycles. The Bertz CT molecular complexity index is 473. The lowest BCUT2D eigenvalue weighted by Gasteiger charge is -2.19. The Balaban J connectivity index is 1.81. The second-order valence-electron chi connectivity index (χ2n) is 5.58. The fourth-order valence-electron chi connectivity index (χ4n) is 2.65. The Morgan fingerprint density at radius 2 is 2.15 bits per heavy atom. The van der Waals surface area contributed by atoms with Gasteiger partial charge >= 0.3 is 0 Å². The van der Waals surface area contributed by atoms with Crippen LogP contribution in [-0.4, -0.2) is 30.3 Å². The Labute approximate surface area is 120 Å². The monoisotopic (exact) mass is 277 g/mol. The summed E-state index contributed by atoms with van der Waals surface area (Å²) < 4.78 is 5.51. The van der Waals surface area contributed by atoms with Gasteiger partial charge in [0.05, 0.1) is 0 Å². The van der Waals surface area contributed by atoms with Gasteiger partial charge in [-0.3, -0.25) is 4.79 Å². The highest BCUT2D eigenvalue weighted by atomic mass is 16.5. The zero-order chi connectivity index (χ0) is 14.5. The van der Waals surface area contributed by atoms with Gasteiger partial charge in [0.1, 0.15) is 5.75 Å². The number of amides is 1. The molecule has 4 heteroatoms. The second-order valence-corrected chi connectivity index (χ2v) is 5.58. The number of carbonyl (C=O) groups excluding carboxylic acids is 1. The molecule has 0 aliphatic heterocycles. The predicted molar refractivity (Wildman–Crippen MR) is 77.8 cm³/mol. The number of nitrogens with one attached hydrogen (secondary N) is 1. The van der Waals surface area contributed by atoms with Crippen molar-refractivity contribution >= 4 is 5.91 Å². The van der Waals surface area contributed by atoms with Gasteiger partial charge in [0.15, 0.2) is 6.61 Å². The van der Waals surface area contributed by atoms with E-state index in [1.165, 1.54) is 5.56 Å². The number of hydrogen-bond acceptors (Lipinski definition) is 3. The average molecular weight is 277 g/mol. The van der Waals surface area contributed by atoms with Crippen molar-refractivity contribution in [2.24, 2.45) is 5.92 Å². The smallest absolute Gasteiger partial charge is 0.258 e. The number of carbonyl (C=O) groups is 1. The Hall–Kier alpha value is -1.55. The molecule has 4 nitrogen and oxygen atoms in total. The molecule has 0 radical (unpaired) electrons. The SMILES string of the molecule is Cc1ccc(OCC(=O)NC2CCCC2CO)cc1C. The van der Waals surface area contributed by atoms with Crippen molar-refractivity contribution in [1.82, 2.24) is 5.32 Å². The third-order valence-corrected chi connectivity index (χ3v) is 4.09. The van der Waals surface area contributed by atoms with Gasteiger partial charge in [-0.1, -0.05) is 12.5 Å². The van der Waals surface area contributed by atoms with Crippen molar-refractivity contribution < 1.29 is 14.6 Å². The Morgan fingerprint density at radius 1 is 1.35 bits per heavy atom. The van der Waals surface area contributed by atoms with E-state index in [2.05, 4.69) is 5.32 Å². The summed E-state index contributed by atoms with van der Waals surface area (Å²) in [5.41, 5.74) is 2.36. The lowest BCUT2D eigenvalue weighted by atomic mass is 10.1. The van der Waals surface area contributed by atoms with Crippen molar-refractivity contribution in [3.05, 3.63) is 29.3 Å². The van der Waals surface area contributed by atoms with Crippen LogP contribution >= 0.6 is 0 Å². The highest BCUT2D eigenvalue weighted by Crippen LogP contribution is 2.25. The first-order valence-corrected chi connectivity index (χ1v) is 7.20. The summed E-state index contributed by atoms with van der Waals surface area (Å²) in [4.78, 5) is 11.9. The van der Waals surface area contributed by atoms with Crippen LogP contribution in [0.5, 0.6) is 5.75 Å². The summed E-state index contributed by atoms with van der Waals surface area (Å²) in [5, 5.41) is 12.2. The number of hydrogen-bond donors (Lipinski definition) is 2. The van der Waals surface area contributed by atoms with Crippen LogP contribution in [0.2, 0.25) is 0 Å². The fraction of sp³-hybridized carbons (Fsp3) is 0.562. The van der Waals surface area contributed by atoms with Crippen molar-refractivity contribution in [1.29, 1.82) is 0 Å². The van der Waals surface area contributed by atoms with Gasteiger partial charge in [0.2, 0.25) is 0 Å². The largest absolute Gasteiger partial charge is 0.484 e. The van der Waals surface area contributed by atoms with Gasteiger partial charge < -0.3 is 15.2 Å². The molecule has 1 aromatic rings. The van der Waals surface area contributed by atoms with Crippen LogP contribution < -0.4 is 10.1 Å². The number of rotatable bonds is 5. The molecule has 2 atom stereocenters. The van der Waals surface area contributed by atoms with Gasteiger partial charge in [-0.2, -0.15) is 0 Å². The van der Waals surface area contributed by atoms with E-state index in [0.29, 0.717) is 5.75 Å². The van der Waals surface area contributed by atoms with Crippen LogP contribution in [0.3, 0.4) is 0 Å². The number of aryl methyl sites for hydroxylation is 2. The summed E-state index contributed by atoms with van der Waals surface area (Å²) >= 11 is 0. The van der Waals surface area contributed by atoms with E-state index in [9.17, 15) is 9.90 Å². The molecule has 2 rings (SSSR count). The molecule has 0 heterocycles. The molecule has 1 aliphatic rings. The van der Waals surface area contributed by atoms with E-state index in [1.807, 2.05) is 32.0 Å². The number of ether oxygens (including phenoxy) is 1. The number of aliphatic hydroxyl groups excluding tert-OH is 1. The second kappa shape index (κ2) is 6.75. The van der Waals surface area contributed by atoms with Crippen molar-refractivity contribution in [3.63, 3.8) is 0 Å². The fourth-order valence-corrected chi connectivity index (χ4v) is 2.65. The third-order valence-electron chi connectivity index (χ3n) is 4.09. The molecule has 0 spiro atoms. The van der Waals surface area contributed by atoms with Gasteiger partial charge in [-0.15, -0.1) is 0 Å². The van der Waals surface area contributed by atoms with Crippen molar-refractivity contribution in [2.75, 3.05) is 13.2 Å². The lowest BCUT2D eigenvalue weighted by Crippen LogP contribution is -2.40. The van der Waals surface area contributed by atoms with Crippen LogP contribution in [0.25, 0.3) is 0 Å². The molecule has 2 N–H and O–H groups in total. The highest BCUT2D eigenvalue weighted by molar-refractivity contribution is 5.77. The normalized spacial score (nSPS) is 21.8. The summed E-state index contributed by atoms with van der Waals surface area (Å²) in [6, 6.07) is 5.90. The standard InChI is InChI=1S/C16H23NO3/c1-11-6-7-14(8-12(11)2)20-10-16(19)17-15-5-3-4-13(15)9-18/h6-8,13,15,18H,3-5,9-10H2,1-2H3,(H,17,19). The molecular formula is C16H23NO3. The number of aliphatic hydroxyl groups is 1. The summed E-state index contributed by atoms with van der Waals surface area (Å²) in [7, 11) is 0. The maximum Gasteiger partial charge on any atom is 0.258 e. The minimum atomic E-state index is -0.117. The zero-order valence-corrected chi connectivity index (χ0v) is 12.2. The minimum Gasteiger partial charge on any atom is -0.484 e. The molecule has 2 unspecified atom stereocenters. The van der Waals surface area contributed by atoms with Gasteiger partial charge in [0.25, 0.3) is 5.91 Å². The van der Waals surface area contributed by atoms with Gasteiger partial charge in [-0.25, -0.2) is 0 Å². The zero-order valence-electron chi connectivity index (χ0n) is 12.2. The molecule has 1 fully saturated rings. The maximum absolute atomic E-state index is 11.9. The summed E-state index contributed by atoms with van der Waals surface area (Å²) in [6.07, 6.45) is 2.99. The van der Waals surface area contributed by atoms with E-state index in [1.54, 1.807) is 0 Å². The Kier molecular flexibility index (Phi) is 5.01. The number of benzene rings is 1. The van der Waals surface area contributed by atoms with Crippen LogP contribution in [0, 0.1) is 19.8 Å². The van der Waals surface area contributed by atoms with E-state index in [-0.39, 0.29) is 31.1 Å². The molecule has 0 aromatic heterocycles. The molecule has 0 bridgehead atoms. The predicted octanol–water partition coefficient (Wildman–Crippen LogP) is 1.96. The summed E-state index contributed by atoms with van der Waals surface area (Å²) in [5.74, 6) is 0.794. The van der Waals surface area contributed by atoms with Crippen LogP contribution in [0.1, 0.15) is 30.4 Å². The van der Waals surface area contributed by atoms with Crippen LogP contribution in [-0.2, 0) is 4.79 Å². The quantitative estimate of drug-likeness (QED) is 0.865. The van der Waals surface area contributed by atoms with Crippen molar-refractivity contribution in [3.8, 4) is 5.75 Å². The highest BCUT2D eigenvalue weighted by Gasteiger charge is 2.27. The molecule has 1 aromatic carbocycles. The molecule has 1 aliphatic carbocycles. The van der Waals surface area contributed by atoms with Crippen LogP contribution in [0.4, 0.5) is 0 Å². The maximum atomic E-state index is 11.9. The third kappa shape index (κ3) is 3.73. The first-order valence-electron chi connectivity index (χ1n) is 7.20. The molecule has 1 amide bonds. The van der Waals surface area contributed by atoms with E-state index in [0.717, 1.165) is 24.8 Å². The summed E-state index contributed by atoms with van der Waals surface area (Å²) in [6.45, 7) is 4.23. The van der Waals surface area contributed by atoms with Crippen LogP contribution in [0.15, 0.2) is 18.2 Å². The van der Waals surface area contributed by atoms with Crippen molar-refractivity contribution in [2.45, 2.75) is 39.2 Å². The lowest BCUT2D eigenvalue weighted by molar-refractivity contribution is -0.124. The molecule has 110 valence electrons. The van der Waals surface area contributed by atoms with Gasteiger partial charge in [-0.05, 0) is 49.9 Å². The molecule has 0 saturated heterocycles. The van der Waals surface area contributed by atoms with E-state index in [4.69, 9.17) is 4.74 Å². The van der Waals surface area contributed by atoms with Gasteiger partial charge in [0, 0.05) is 18.6 Å². The Morgan fingerprint density at radius 3 is 2.85 bits per heavy atom. The first-order chi connectivity index (χ1) is 9.60.